The van der Waals surface area contributed by atoms with E-state index in [0.29, 0.717) is 16.8 Å². The fourth-order valence-corrected chi connectivity index (χ4v) is 2.78. The molecule has 0 bridgehead atoms. The monoisotopic (exact) mass is 414 g/mol. The maximum Gasteiger partial charge on any atom is 0.575 e. The van der Waals surface area contributed by atoms with Crippen LogP contribution < -0.4 is 5.32 Å². The number of hydrogen-bond acceptors (Lipinski definition) is 4. The van der Waals surface area contributed by atoms with Gasteiger partial charge in [-0.2, -0.15) is 0 Å². The number of nitrogens with one attached hydrogen (secondary N) is 1. The summed E-state index contributed by atoms with van der Waals surface area (Å²) < 4.78 is 41.1. The zero-order valence-electron chi connectivity index (χ0n) is 15.8. The van der Waals surface area contributed by atoms with Gasteiger partial charge in [0.15, 0.2) is 0 Å². The van der Waals surface area contributed by atoms with E-state index in [1.807, 2.05) is 6.07 Å². The molecule has 0 aliphatic rings. The van der Waals surface area contributed by atoms with Crippen molar-refractivity contribution in [1.29, 1.82) is 0 Å². The van der Waals surface area contributed by atoms with Crippen molar-refractivity contribution in [3.05, 3.63) is 84.1 Å². The van der Waals surface area contributed by atoms with Gasteiger partial charge in [-0.05, 0) is 31.2 Å². The SMILES string of the molecule is CC(C(=O)OC(F)(F)F)c1nc(-c2ccccc2)ccc1NC(=O)c1ccccc1. The van der Waals surface area contributed by atoms with Gasteiger partial charge in [0.1, 0.15) is 0 Å². The van der Waals surface area contributed by atoms with Crippen molar-refractivity contribution >= 4 is 17.6 Å². The number of hydrogen-bond donors (Lipinski definition) is 1. The number of rotatable bonds is 5. The van der Waals surface area contributed by atoms with E-state index in [1.54, 1.807) is 60.7 Å². The first-order chi connectivity index (χ1) is 14.2. The number of carbonyl (C=O) groups excluding carboxylic acids is 2. The lowest BCUT2D eigenvalue weighted by atomic mass is 10.0. The smallest absolute Gasteiger partial charge is 0.372 e. The van der Waals surface area contributed by atoms with Crippen LogP contribution in [0.5, 0.6) is 0 Å². The number of anilines is 1. The third kappa shape index (κ3) is 5.22. The summed E-state index contributed by atoms with van der Waals surface area (Å²) in [5, 5.41) is 2.61. The van der Waals surface area contributed by atoms with E-state index >= 15 is 0 Å². The number of halogens is 3. The minimum atomic E-state index is -5.12. The van der Waals surface area contributed by atoms with Crippen LogP contribution >= 0.6 is 0 Å². The van der Waals surface area contributed by atoms with Crippen molar-refractivity contribution in [2.45, 2.75) is 19.2 Å². The van der Waals surface area contributed by atoms with Crippen LogP contribution in [-0.4, -0.2) is 23.2 Å². The van der Waals surface area contributed by atoms with Crippen LogP contribution in [0.1, 0.15) is 28.9 Å². The molecule has 1 atom stereocenters. The van der Waals surface area contributed by atoms with Crippen molar-refractivity contribution in [3.63, 3.8) is 0 Å². The fraction of sp³-hybridized carbons (Fsp3) is 0.136. The summed E-state index contributed by atoms with van der Waals surface area (Å²) in [5.74, 6) is -3.38. The number of esters is 1. The summed E-state index contributed by atoms with van der Waals surface area (Å²) in [6, 6.07) is 20.3. The second kappa shape index (κ2) is 8.77. The molecule has 8 heteroatoms. The Morgan fingerprint density at radius 1 is 0.933 bits per heavy atom. The molecule has 0 aliphatic carbocycles. The molecular formula is C22H17F3N2O3. The third-order valence-corrected chi connectivity index (χ3v) is 4.26. The second-order valence-electron chi connectivity index (χ2n) is 6.40. The molecule has 3 aromatic rings. The number of alkyl halides is 3. The lowest BCUT2D eigenvalue weighted by molar-refractivity contribution is -0.306. The molecule has 0 spiro atoms. The first-order valence-electron chi connectivity index (χ1n) is 8.97. The number of amides is 1. The molecular weight excluding hydrogens is 397 g/mol. The molecule has 3 rings (SSSR count). The number of benzene rings is 2. The summed E-state index contributed by atoms with van der Waals surface area (Å²) in [6.07, 6.45) is -5.12. The topological polar surface area (TPSA) is 68.3 Å². The summed E-state index contributed by atoms with van der Waals surface area (Å²) in [6.45, 7) is 1.24. The normalized spacial score (nSPS) is 12.1. The largest absolute Gasteiger partial charge is 0.575 e. The number of aromatic nitrogens is 1. The fourth-order valence-electron chi connectivity index (χ4n) is 2.78. The van der Waals surface area contributed by atoms with E-state index in [9.17, 15) is 22.8 Å². The Morgan fingerprint density at radius 2 is 1.53 bits per heavy atom. The zero-order valence-corrected chi connectivity index (χ0v) is 15.8. The molecule has 2 aromatic carbocycles. The molecule has 0 aliphatic heterocycles. The molecule has 0 saturated carbocycles. The molecule has 1 unspecified atom stereocenters. The van der Waals surface area contributed by atoms with Crippen LogP contribution in [-0.2, 0) is 9.53 Å². The molecule has 0 saturated heterocycles. The predicted molar refractivity (Wildman–Crippen MR) is 105 cm³/mol. The van der Waals surface area contributed by atoms with Gasteiger partial charge < -0.3 is 10.1 Å². The number of pyridine rings is 1. The maximum absolute atomic E-state index is 12.5. The summed E-state index contributed by atoms with van der Waals surface area (Å²) >= 11 is 0. The van der Waals surface area contributed by atoms with Gasteiger partial charge in [0.05, 0.1) is 23.0 Å². The summed E-state index contributed by atoms with van der Waals surface area (Å²) in [5.41, 5.74) is 1.58. The van der Waals surface area contributed by atoms with Crippen molar-refractivity contribution in [3.8, 4) is 11.3 Å². The molecule has 30 heavy (non-hydrogen) atoms. The highest BCUT2D eigenvalue weighted by atomic mass is 19.4. The summed E-state index contributed by atoms with van der Waals surface area (Å²) in [7, 11) is 0. The van der Waals surface area contributed by atoms with Crippen molar-refractivity contribution in [1.82, 2.24) is 4.98 Å². The van der Waals surface area contributed by atoms with Crippen LogP contribution in [0.4, 0.5) is 18.9 Å². The Kier molecular flexibility index (Phi) is 6.15. The van der Waals surface area contributed by atoms with Crippen LogP contribution in [0.2, 0.25) is 0 Å². The van der Waals surface area contributed by atoms with Gasteiger partial charge in [-0.1, -0.05) is 48.5 Å². The van der Waals surface area contributed by atoms with Gasteiger partial charge in [-0.15, -0.1) is 13.2 Å². The number of nitrogens with zero attached hydrogens (tertiary/aromatic N) is 1. The third-order valence-electron chi connectivity index (χ3n) is 4.26. The van der Waals surface area contributed by atoms with E-state index in [4.69, 9.17) is 0 Å². The molecule has 1 N–H and O–H groups in total. The van der Waals surface area contributed by atoms with E-state index in [-0.39, 0.29) is 11.4 Å². The van der Waals surface area contributed by atoms with Gasteiger partial charge in [-0.25, -0.2) is 4.98 Å². The summed E-state index contributed by atoms with van der Waals surface area (Å²) in [4.78, 5) is 28.9. The minimum Gasteiger partial charge on any atom is -0.372 e. The van der Waals surface area contributed by atoms with E-state index < -0.39 is 24.2 Å². The van der Waals surface area contributed by atoms with Gasteiger partial charge in [0.2, 0.25) is 0 Å². The molecule has 1 amide bonds. The molecule has 0 radical (unpaired) electrons. The Morgan fingerprint density at radius 3 is 2.13 bits per heavy atom. The average Bonchev–Trinajstić information content (AvgIpc) is 2.73. The van der Waals surface area contributed by atoms with Gasteiger partial charge in [0.25, 0.3) is 5.91 Å². The quantitative estimate of drug-likeness (QED) is 0.585. The molecule has 5 nitrogen and oxygen atoms in total. The standard InChI is InChI=1S/C22H17F3N2O3/c1-14(21(29)30-22(23,24)25)19-18(27-20(28)16-10-6-3-7-11-16)13-12-17(26-19)15-8-4-2-5-9-15/h2-14H,1H3,(H,27,28). The lowest BCUT2D eigenvalue weighted by Gasteiger charge is -2.17. The maximum atomic E-state index is 12.5. The minimum absolute atomic E-state index is 0.0325. The predicted octanol–water partition coefficient (Wildman–Crippen LogP) is 5.17. The Bertz CT molecular complexity index is 1040. The molecule has 1 aromatic heterocycles. The van der Waals surface area contributed by atoms with Crippen molar-refractivity contribution in [2.24, 2.45) is 0 Å². The lowest BCUT2D eigenvalue weighted by Crippen LogP contribution is -2.25. The second-order valence-corrected chi connectivity index (χ2v) is 6.40. The van der Waals surface area contributed by atoms with Gasteiger partial charge in [-0.3, -0.25) is 9.59 Å². The molecule has 154 valence electrons. The van der Waals surface area contributed by atoms with Crippen LogP contribution in [0, 0.1) is 0 Å². The average molecular weight is 414 g/mol. The van der Waals surface area contributed by atoms with Crippen molar-refractivity contribution in [2.75, 3.05) is 5.32 Å². The van der Waals surface area contributed by atoms with Crippen LogP contribution in [0.15, 0.2) is 72.8 Å². The zero-order chi connectivity index (χ0) is 21.7. The number of ether oxygens (including phenoxy) is 1. The highest BCUT2D eigenvalue weighted by Gasteiger charge is 2.37. The van der Waals surface area contributed by atoms with Gasteiger partial charge >= 0.3 is 12.3 Å². The Labute approximate surface area is 170 Å². The number of carbonyl (C=O) groups is 2. The van der Waals surface area contributed by atoms with E-state index in [2.05, 4.69) is 15.0 Å². The Balaban J connectivity index is 1.98. The highest BCUT2D eigenvalue weighted by Crippen LogP contribution is 2.30. The first-order valence-corrected chi connectivity index (χ1v) is 8.97. The Hall–Kier alpha value is -3.68. The first kappa shape index (κ1) is 21.0. The van der Waals surface area contributed by atoms with Crippen LogP contribution in [0.25, 0.3) is 11.3 Å². The van der Waals surface area contributed by atoms with E-state index in [0.717, 1.165) is 0 Å². The van der Waals surface area contributed by atoms with E-state index in [1.165, 1.54) is 13.0 Å². The molecule has 1 heterocycles. The highest BCUT2D eigenvalue weighted by molar-refractivity contribution is 6.05. The van der Waals surface area contributed by atoms with Crippen LogP contribution in [0.3, 0.4) is 0 Å². The van der Waals surface area contributed by atoms with Gasteiger partial charge in [0, 0.05) is 11.1 Å². The van der Waals surface area contributed by atoms with Crippen molar-refractivity contribution < 1.29 is 27.5 Å². The molecule has 0 fully saturated rings.